The average molecular weight is 278 g/mol. The van der Waals surface area contributed by atoms with Crippen LogP contribution in [0.5, 0.6) is 0 Å². The molecule has 1 rings (SSSR count). The first-order valence-electron chi connectivity index (χ1n) is 4.96. The molecule has 0 saturated carbocycles. The molecule has 0 radical (unpaired) electrons. The van der Waals surface area contributed by atoms with Gasteiger partial charge < -0.3 is 10.8 Å². The number of alkyl halides is 3. The van der Waals surface area contributed by atoms with Crippen LogP contribution in [0.15, 0.2) is 18.2 Å². The minimum Gasteiger partial charge on any atom is -0.480 e. The first-order chi connectivity index (χ1) is 8.64. The van der Waals surface area contributed by atoms with Crippen molar-refractivity contribution in [3.63, 3.8) is 0 Å². The van der Waals surface area contributed by atoms with Crippen LogP contribution in [0.1, 0.15) is 11.1 Å². The van der Waals surface area contributed by atoms with Gasteiger partial charge in [0.25, 0.3) is 5.69 Å². The van der Waals surface area contributed by atoms with Crippen LogP contribution in [-0.2, 0) is 17.4 Å². The van der Waals surface area contributed by atoms with E-state index in [9.17, 15) is 28.1 Å². The van der Waals surface area contributed by atoms with Gasteiger partial charge >= 0.3 is 12.1 Å². The van der Waals surface area contributed by atoms with Crippen molar-refractivity contribution in [1.29, 1.82) is 0 Å². The second-order valence-corrected chi connectivity index (χ2v) is 3.72. The molecule has 3 N–H and O–H groups in total. The summed E-state index contributed by atoms with van der Waals surface area (Å²) >= 11 is 0. The second kappa shape index (κ2) is 5.22. The Balaban J connectivity index is 3.33. The van der Waals surface area contributed by atoms with Crippen molar-refractivity contribution in [2.75, 3.05) is 0 Å². The minimum absolute atomic E-state index is 0.366. The van der Waals surface area contributed by atoms with Gasteiger partial charge in [0.2, 0.25) is 0 Å². The third-order valence-electron chi connectivity index (χ3n) is 2.36. The lowest BCUT2D eigenvalue weighted by atomic mass is 10.0. The largest absolute Gasteiger partial charge is 0.480 e. The molecule has 6 nitrogen and oxygen atoms in total. The Kier molecular flexibility index (Phi) is 4.10. The van der Waals surface area contributed by atoms with Gasteiger partial charge in [0.15, 0.2) is 0 Å². The number of para-hydroxylation sites is 1. The Hall–Kier alpha value is -2.16. The van der Waals surface area contributed by atoms with Crippen molar-refractivity contribution >= 4 is 11.7 Å². The van der Waals surface area contributed by atoms with Gasteiger partial charge in [0, 0.05) is 12.0 Å². The van der Waals surface area contributed by atoms with Gasteiger partial charge in [-0.15, -0.1) is 0 Å². The summed E-state index contributed by atoms with van der Waals surface area (Å²) in [6.45, 7) is 0. The van der Waals surface area contributed by atoms with Crippen molar-refractivity contribution in [3.8, 4) is 0 Å². The summed E-state index contributed by atoms with van der Waals surface area (Å²) in [5.74, 6) is -1.45. The van der Waals surface area contributed by atoms with E-state index in [0.717, 1.165) is 12.1 Å². The number of benzene rings is 1. The van der Waals surface area contributed by atoms with Gasteiger partial charge in [-0.05, 0) is 6.07 Å². The highest BCUT2D eigenvalue weighted by molar-refractivity contribution is 5.74. The highest BCUT2D eigenvalue weighted by Crippen LogP contribution is 2.38. The average Bonchev–Trinajstić information content (AvgIpc) is 2.26. The fourth-order valence-corrected chi connectivity index (χ4v) is 1.52. The fraction of sp³-hybridized carbons (Fsp3) is 0.300. The summed E-state index contributed by atoms with van der Waals surface area (Å²) in [4.78, 5) is 20.1. The van der Waals surface area contributed by atoms with E-state index in [1.165, 1.54) is 0 Å². The number of carboxylic acids is 1. The second-order valence-electron chi connectivity index (χ2n) is 3.72. The van der Waals surface area contributed by atoms with Crippen molar-refractivity contribution < 1.29 is 28.0 Å². The standard InChI is InChI=1S/C10H9F3N2O4/c11-10(12,13)6-3-1-2-5(8(6)15(18)19)4-7(14)9(16)17/h1-3,7H,4,14H2,(H,16,17)/t7-/m0/s1. The molecule has 1 atom stereocenters. The quantitative estimate of drug-likeness (QED) is 0.642. The number of nitrogens with two attached hydrogens (primary N) is 1. The zero-order valence-electron chi connectivity index (χ0n) is 9.35. The van der Waals surface area contributed by atoms with E-state index in [4.69, 9.17) is 10.8 Å². The van der Waals surface area contributed by atoms with Crippen molar-refractivity contribution in [1.82, 2.24) is 0 Å². The molecule has 9 heteroatoms. The lowest BCUT2D eigenvalue weighted by molar-refractivity contribution is -0.388. The number of carboxylic acid groups (broad SMARTS) is 1. The molecule has 0 fully saturated rings. The van der Waals surface area contributed by atoms with Gasteiger partial charge in [-0.3, -0.25) is 14.9 Å². The highest BCUT2D eigenvalue weighted by atomic mass is 19.4. The minimum atomic E-state index is -4.90. The van der Waals surface area contributed by atoms with Crippen LogP contribution in [0, 0.1) is 10.1 Å². The Morgan fingerprint density at radius 3 is 2.47 bits per heavy atom. The molecule has 0 aromatic heterocycles. The maximum atomic E-state index is 12.6. The molecule has 0 bridgehead atoms. The van der Waals surface area contributed by atoms with Crippen LogP contribution >= 0.6 is 0 Å². The maximum absolute atomic E-state index is 12.6. The molecule has 19 heavy (non-hydrogen) atoms. The SMILES string of the molecule is N[C@@H](Cc1cccc(C(F)(F)F)c1[N+](=O)[O-])C(=O)O. The van der Waals surface area contributed by atoms with Gasteiger partial charge in [-0.1, -0.05) is 12.1 Å². The van der Waals surface area contributed by atoms with Gasteiger partial charge in [-0.25, -0.2) is 0 Å². The predicted octanol–water partition coefficient (Wildman–Crippen LogP) is 1.57. The van der Waals surface area contributed by atoms with Crippen LogP contribution in [-0.4, -0.2) is 22.0 Å². The Bertz CT molecular complexity index is 516. The highest BCUT2D eigenvalue weighted by Gasteiger charge is 2.39. The summed E-state index contributed by atoms with van der Waals surface area (Å²) in [6, 6.07) is 1.08. The molecular formula is C10H9F3N2O4. The fourth-order valence-electron chi connectivity index (χ4n) is 1.52. The molecule has 1 aromatic carbocycles. The monoisotopic (exact) mass is 278 g/mol. The molecule has 0 aliphatic rings. The van der Waals surface area contributed by atoms with Crippen molar-refractivity contribution in [2.45, 2.75) is 18.6 Å². The number of nitro benzene ring substituents is 1. The molecule has 104 valence electrons. The zero-order valence-corrected chi connectivity index (χ0v) is 9.35. The molecule has 1 aromatic rings. The molecule has 0 amide bonds. The van der Waals surface area contributed by atoms with E-state index >= 15 is 0 Å². The summed E-state index contributed by atoms with van der Waals surface area (Å²) in [7, 11) is 0. The smallest absolute Gasteiger partial charge is 0.423 e. The number of halogens is 3. The van der Waals surface area contributed by atoms with E-state index in [2.05, 4.69) is 0 Å². The first-order valence-corrected chi connectivity index (χ1v) is 4.96. The normalized spacial score (nSPS) is 13.1. The number of aliphatic carboxylic acids is 1. The third-order valence-corrected chi connectivity index (χ3v) is 2.36. The zero-order chi connectivity index (χ0) is 14.8. The number of hydrogen-bond donors (Lipinski definition) is 2. The maximum Gasteiger partial charge on any atom is 0.423 e. The third kappa shape index (κ3) is 3.41. The van der Waals surface area contributed by atoms with Crippen LogP contribution in [0.3, 0.4) is 0 Å². The number of nitro groups is 1. The van der Waals surface area contributed by atoms with E-state index in [-0.39, 0.29) is 5.56 Å². The molecule has 0 aliphatic heterocycles. The van der Waals surface area contributed by atoms with Crippen LogP contribution in [0.4, 0.5) is 18.9 Å². The van der Waals surface area contributed by atoms with Gasteiger partial charge in [0.05, 0.1) is 4.92 Å². The van der Waals surface area contributed by atoms with Gasteiger partial charge in [0.1, 0.15) is 11.6 Å². The Labute approximate surface area is 104 Å². The molecule has 0 spiro atoms. The summed E-state index contributed by atoms with van der Waals surface area (Å²) in [5.41, 5.74) is 2.22. The van der Waals surface area contributed by atoms with Crippen molar-refractivity contribution in [2.24, 2.45) is 5.73 Å². The summed E-state index contributed by atoms with van der Waals surface area (Å²) < 4.78 is 37.9. The molecule has 0 heterocycles. The first kappa shape index (κ1) is 14.9. The van der Waals surface area contributed by atoms with E-state index in [0.29, 0.717) is 6.07 Å². The van der Waals surface area contributed by atoms with Crippen LogP contribution in [0.2, 0.25) is 0 Å². The number of nitrogens with zero attached hydrogens (tertiary/aromatic N) is 1. The Morgan fingerprint density at radius 2 is 2.05 bits per heavy atom. The van der Waals surface area contributed by atoms with E-state index < -0.39 is 40.8 Å². The number of hydrogen-bond acceptors (Lipinski definition) is 4. The predicted molar refractivity (Wildman–Crippen MR) is 57.4 cm³/mol. The number of rotatable bonds is 4. The lowest BCUT2D eigenvalue weighted by Crippen LogP contribution is -2.32. The molecular weight excluding hydrogens is 269 g/mol. The van der Waals surface area contributed by atoms with Crippen molar-refractivity contribution in [3.05, 3.63) is 39.4 Å². The summed E-state index contributed by atoms with van der Waals surface area (Å²) in [5, 5.41) is 19.3. The van der Waals surface area contributed by atoms with Crippen LogP contribution in [0.25, 0.3) is 0 Å². The summed E-state index contributed by atoms with van der Waals surface area (Å²) in [6.07, 6.45) is -5.46. The number of carbonyl (C=O) groups is 1. The molecule has 0 saturated heterocycles. The molecule has 0 unspecified atom stereocenters. The van der Waals surface area contributed by atoms with E-state index in [1.807, 2.05) is 0 Å². The topological polar surface area (TPSA) is 106 Å². The molecule has 0 aliphatic carbocycles. The van der Waals surface area contributed by atoms with Crippen LogP contribution < -0.4 is 5.73 Å². The lowest BCUT2D eigenvalue weighted by Gasteiger charge is -2.12. The van der Waals surface area contributed by atoms with Gasteiger partial charge in [-0.2, -0.15) is 13.2 Å². The van der Waals surface area contributed by atoms with E-state index in [1.54, 1.807) is 0 Å². The Morgan fingerprint density at radius 1 is 1.47 bits per heavy atom.